The van der Waals surface area contributed by atoms with Crippen LogP contribution in [0.4, 0.5) is 4.79 Å². The first kappa shape index (κ1) is 12.2. The molecule has 0 radical (unpaired) electrons. The molecule has 2 aliphatic rings. The van der Waals surface area contributed by atoms with E-state index in [0.29, 0.717) is 0 Å². The second kappa shape index (κ2) is 5.01. The Balaban J connectivity index is 1.65. The Labute approximate surface area is 112 Å². The first-order chi connectivity index (χ1) is 9.22. The SMILES string of the molecule is O=C1NC(=O)C2CCN(Cc3ccccc3)CC2N1. The lowest BCUT2D eigenvalue weighted by molar-refractivity contribution is -0.127. The third-order valence-corrected chi connectivity index (χ3v) is 3.84. The number of fused-ring (bicyclic) bond motifs is 1. The van der Waals surface area contributed by atoms with Crippen molar-refractivity contribution in [2.24, 2.45) is 5.92 Å². The molecular weight excluding hydrogens is 242 g/mol. The van der Waals surface area contributed by atoms with Gasteiger partial charge in [0.2, 0.25) is 5.91 Å². The smallest absolute Gasteiger partial charge is 0.321 e. The molecule has 19 heavy (non-hydrogen) atoms. The number of nitrogens with zero attached hydrogens (tertiary/aromatic N) is 1. The number of rotatable bonds is 2. The molecule has 2 saturated heterocycles. The molecule has 3 amide bonds. The van der Waals surface area contributed by atoms with E-state index in [9.17, 15) is 9.59 Å². The van der Waals surface area contributed by atoms with Crippen molar-refractivity contribution >= 4 is 11.9 Å². The van der Waals surface area contributed by atoms with Crippen LogP contribution in [-0.2, 0) is 11.3 Å². The maximum atomic E-state index is 11.7. The van der Waals surface area contributed by atoms with Crippen LogP contribution in [0.15, 0.2) is 30.3 Å². The van der Waals surface area contributed by atoms with Crippen molar-refractivity contribution in [2.75, 3.05) is 13.1 Å². The second-order valence-corrected chi connectivity index (χ2v) is 5.19. The van der Waals surface area contributed by atoms with Gasteiger partial charge in [-0.25, -0.2) is 4.79 Å². The number of hydrogen-bond acceptors (Lipinski definition) is 3. The minimum atomic E-state index is -0.368. The molecule has 2 atom stereocenters. The number of nitrogens with one attached hydrogen (secondary N) is 2. The van der Waals surface area contributed by atoms with Crippen molar-refractivity contribution in [3.8, 4) is 0 Å². The van der Waals surface area contributed by atoms with Crippen molar-refractivity contribution in [3.05, 3.63) is 35.9 Å². The van der Waals surface area contributed by atoms with Gasteiger partial charge in [-0.05, 0) is 18.5 Å². The number of amides is 3. The summed E-state index contributed by atoms with van der Waals surface area (Å²) >= 11 is 0. The maximum Gasteiger partial charge on any atom is 0.321 e. The van der Waals surface area contributed by atoms with Gasteiger partial charge in [0.05, 0.1) is 12.0 Å². The zero-order valence-electron chi connectivity index (χ0n) is 10.6. The Morgan fingerprint density at radius 2 is 2.00 bits per heavy atom. The molecule has 5 heteroatoms. The lowest BCUT2D eigenvalue weighted by atomic mass is 9.89. The number of urea groups is 1. The third-order valence-electron chi connectivity index (χ3n) is 3.84. The van der Waals surface area contributed by atoms with Crippen LogP contribution in [0.5, 0.6) is 0 Å². The fourth-order valence-corrected chi connectivity index (χ4v) is 2.87. The normalized spacial score (nSPS) is 27.4. The monoisotopic (exact) mass is 259 g/mol. The number of carbonyl (C=O) groups excluding carboxylic acids is 2. The summed E-state index contributed by atoms with van der Waals surface area (Å²) in [4.78, 5) is 25.3. The number of likely N-dealkylation sites (tertiary alicyclic amines) is 1. The van der Waals surface area contributed by atoms with E-state index in [-0.39, 0.29) is 23.9 Å². The Kier molecular flexibility index (Phi) is 3.21. The van der Waals surface area contributed by atoms with Gasteiger partial charge in [0.1, 0.15) is 0 Å². The summed E-state index contributed by atoms with van der Waals surface area (Å²) in [5, 5.41) is 5.19. The predicted molar refractivity (Wildman–Crippen MR) is 70.3 cm³/mol. The summed E-state index contributed by atoms with van der Waals surface area (Å²) < 4.78 is 0. The van der Waals surface area contributed by atoms with Gasteiger partial charge < -0.3 is 5.32 Å². The second-order valence-electron chi connectivity index (χ2n) is 5.19. The predicted octanol–water partition coefficient (Wildman–Crippen LogP) is 0.716. The summed E-state index contributed by atoms with van der Waals surface area (Å²) in [7, 11) is 0. The quantitative estimate of drug-likeness (QED) is 0.822. The highest BCUT2D eigenvalue weighted by Crippen LogP contribution is 2.21. The molecule has 0 saturated carbocycles. The standard InChI is InChI=1S/C14H17N3O2/c18-13-11-6-7-17(8-10-4-2-1-3-5-10)9-12(11)15-14(19)16-13/h1-5,11-12H,6-9H2,(H2,15,16,18,19). The maximum absolute atomic E-state index is 11.7. The van der Waals surface area contributed by atoms with E-state index in [0.717, 1.165) is 26.1 Å². The van der Waals surface area contributed by atoms with E-state index in [1.54, 1.807) is 0 Å². The first-order valence-corrected chi connectivity index (χ1v) is 6.60. The highest BCUT2D eigenvalue weighted by Gasteiger charge is 2.39. The fourth-order valence-electron chi connectivity index (χ4n) is 2.87. The molecule has 2 unspecified atom stereocenters. The van der Waals surface area contributed by atoms with Crippen LogP contribution in [0.3, 0.4) is 0 Å². The molecule has 100 valence electrons. The van der Waals surface area contributed by atoms with E-state index in [2.05, 4.69) is 27.7 Å². The van der Waals surface area contributed by atoms with E-state index < -0.39 is 0 Å². The van der Waals surface area contributed by atoms with Crippen LogP contribution in [0.1, 0.15) is 12.0 Å². The molecule has 3 rings (SSSR count). The summed E-state index contributed by atoms with van der Waals surface area (Å²) in [5.41, 5.74) is 1.26. The van der Waals surface area contributed by atoms with Crippen molar-refractivity contribution < 1.29 is 9.59 Å². The van der Waals surface area contributed by atoms with E-state index >= 15 is 0 Å². The van der Waals surface area contributed by atoms with Gasteiger partial charge in [-0.15, -0.1) is 0 Å². The minimum Gasteiger partial charge on any atom is -0.333 e. The van der Waals surface area contributed by atoms with Crippen LogP contribution in [0.2, 0.25) is 0 Å². The van der Waals surface area contributed by atoms with Crippen molar-refractivity contribution in [1.29, 1.82) is 0 Å². The van der Waals surface area contributed by atoms with E-state index in [1.165, 1.54) is 5.56 Å². The number of benzene rings is 1. The zero-order valence-corrected chi connectivity index (χ0v) is 10.6. The number of carbonyl (C=O) groups is 2. The molecular formula is C14H17N3O2. The average molecular weight is 259 g/mol. The topological polar surface area (TPSA) is 61.4 Å². The molecule has 0 aliphatic carbocycles. The van der Waals surface area contributed by atoms with Crippen LogP contribution < -0.4 is 10.6 Å². The van der Waals surface area contributed by atoms with Gasteiger partial charge >= 0.3 is 6.03 Å². The first-order valence-electron chi connectivity index (χ1n) is 6.60. The van der Waals surface area contributed by atoms with Crippen LogP contribution in [0.25, 0.3) is 0 Å². The Bertz CT molecular complexity index is 489. The molecule has 2 N–H and O–H groups in total. The van der Waals surface area contributed by atoms with Crippen molar-refractivity contribution in [1.82, 2.24) is 15.5 Å². The largest absolute Gasteiger partial charge is 0.333 e. The average Bonchev–Trinajstić information content (AvgIpc) is 2.39. The van der Waals surface area contributed by atoms with E-state index in [1.807, 2.05) is 18.2 Å². The molecule has 1 aromatic rings. The minimum absolute atomic E-state index is 0.0567. The van der Waals surface area contributed by atoms with Gasteiger partial charge in [0, 0.05) is 13.1 Å². The molecule has 2 fully saturated rings. The number of piperidine rings is 1. The molecule has 5 nitrogen and oxygen atoms in total. The van der Waals surface area contributed by atoms with Gasteiger partial charge in [0.25, 0.3) is 0 Å². The summed E-state index contributed by atoms with van der Waals surface area (Å²) in [6.07, 6.45) is 0.795. The summed E-state index contributed by atoms with van der Waals surface area (Å²) in [6.45, 7) is 2.49. The van der Waals surface area contributed by atoms with Gasteiger partial charge in [-0.3, -0.25) is 15.0 Å². The highest BCUT2D eigenvalue weighted by atomic mass is 16.2. The van der Waals surface area contributed by atoms with Crippen molar-refractivity contribution in [3.63, 3.8) is 0 Å². The van der Waals surface area contributed by atoms with Crippen LogP contribution >= 0.6 is 0 Å². The lowest BCUT2D eigenvalue weighted by Gasteiger charge is -2.40. The zero-order chi connectivity index (χ0) is 13.2. The molecule has 2 heterocycles. The van der Waals surface area contributed by atoms with Crippen LogP contribution in [-0.4, -0.2) is 36.0 Å². The molecule has 0 aromatic heterocycles. The number of imide groups is 1. The molecule has 2 aliphatic heterocycles. The summed E-state index contributed by atoms with van der Waals surface area (Å²) in [6, 6.07) is 9.82. The lowest BCUT2D eigenvalue weighted by Crippen LogP contribution is -2.63. The Hall–Kier alpha value is -1.88. The molecule has 0 bridgehead atoms. The van der Waals surface area contributed by atoms with Gasteiger partial charge in [0.15, 0.2) is 0 Å². The van der Waals surface area contributed by atoms with Crippen molar-refractivity contribution in [2.45, 2.75) is 19.0 Å². The Morgan fingerprint density at radius 3 is 2.79 bits per heavy atom. The van der Waals surface area contributed by atoms with Gasteiger partial charge in [-0.2, -0.15) is 0 Å². The number of hydrogen-bond donors (Lipinski definition) is 2. The highest BCUT2D eigenvalue weighted by molar-refractivity contribution is 5.98. The summed E-state index contributed by atoms with van der Waals surface area (Å²) in [5.74, 6) is -0.210. The van der Waals surface area contributed by atoms with Gasteiger partial charge in [-0.1, -0.05) is 30.3 Å². The van der Waals surface area contributed by atoms with E-state index in [4.69, 9.17) is 0 Å². The fraction of sp³-hybridized carbons (Fsp3) is 0.429. The molecule has 0 spiro atoms. The Morgan fingerprint density at radius 1 is 1.21 bits per heavy atom. The van der Waals surface area contributed by atoms with Crippen LogP contribution in [0, 0.1) is 5.92 Å². The molecule has 1 aromatic carbocycles. The third kappa shape index (κ3) is 2.61.